The van der Waals surface area contributed by atoms with Crippen LogP contribution in [0.25, 0.3) is 0 Å². The first kappa shape index (κ1) is 14.8. The molecule has 0 radical (unpaired) electrons. The van der Waals surface area contributed by atoms with Gasteiger partial charge in [0, 0.05) is 34.7 Å². The lowest BCUT2D eigenvalue weighted by atomic mass is 10.1. The van der Waals surface area contributed by atoms with E-state index in [-0.39, 0.29) is 11.2 Å². The number of hydrogen-bond acceptors (Lipinski definition) is 5. The monoisotopic (exact) mass is 270 g/mol. The van der Waals surface area contributed by atoms with E-state index in [1.165, 1.54) is 6.07 Å². The van der Waals surface area contributed by atoms with Gasteiger partial charge in [0.2, 0.25) is 0 Å². The zero-order valence-corrected chi connectivity index (χ0v) is 11.6. The molecule has 100 valence electrons. The number of non-ortho nitro benzene ring substituents is 1. The van der Waals surface area contributed by atoms with Crippen LogP contribution in [0.4, 0.5) is 5.69 Å². The van der Waals surface area contributed by atoms with E-state index in [4.69, 9.17) is 10.5 Å². The molecule has 0 aliphatic rings. The van der Waals surface area contributed by atoms with Gasteiger partial charge in [-0.1, -0.05) is 0 Å². The molecule has 0 spiro atoms. The van der Waals surface area contributed by atoms with Crippen LogP contribution in [0.1, 0.15) is 19.4 Å². The molecule has 18 heavy (non-hydrogen) atoms. The van der Waals surface area contributed by atoms with E-state index >= 15 is 0 Å². The van der Waals surface area contributed by atoms with Crippen molar-refractivity contribution in [2.24, 2.45) is 5.73 Å². The van der Waals surface area contributed by atoms with E-state index in [2.05, 4.69) is 0 Å². The van der Waals surface area contributed by atoms with Crippen LogP contribution >= 0.6 is 11.8 Å². The molecule has 0 bridgehead atoms. The molecule has 1 aromatic carbocycles. The molecule has 2 N–H and O–H groups in total. The number of nitrogens with two attached hydrogens (primary N) is 1. The van der Waals surface area contributed by atoms with Crippen molar-refractivity contribution in [3.8, 4) is 5.75 Å². The van der Waals surface area contributed by atoms with Gasteiger partial charge in [-0.15, -0.1) is 0 Å². The smallest absolute Gasteiger partial charge is 0.270 e. The molecule has 5 nitrogen and oxygen atoms in total. The molecule has 0 saturated carbocycles. The molecule has 0 unspecified atom stereocenters. The maximum absolute atomic E-state index is 10.7. The third-order valence-corrected chi connectivity index (χ3v) is 3.67. The average Bonchev–Trinajstić information content (AvgIpc) is 2.27. The van der Waals surface area contributed by atoms with E-state index in [1.807, 2.05) is 13.8 Å². The van der Waals surface area contributed by atoms with E-state index < -0.39 is 4.92 Å². The molecule has 0 saturated heterocycles. The number of ether oxygens (including phenoxy) is 1. The summed E-state index contributed by atoms with van der Waals surface area (Å²) in [6.45, 7) is 3.90. The second-order valence-corrected chi connectivity index (χ2v) is 5.72. The molecule has 0 aliphatic carbocycles. The summed E-state index contributed by atoms with van der Waals surface area (Å²) in [5.41, 5.74) is 6.54. The van der Waals surface area contributed by atoms with Crippen LogP contribution in [-0.2, 0) is 5.75 Å². The molecule has 0 aromatic heterocycles. The maximum atomic E-state index is 10.7. The number of methoxy groups -OCH3 is 1. The third kappa shape index (κ3) is 4.54. The van der Waals surface area contributed by atoms with E-state index in [0.717, 1.165) is 11.3 Å². The minimum absolute atomic E-state index is 0.0819. The Hall–Kier alpha value is -1.27. The van der Waals surface area contributed by atoms with Gasteiger partial charge in [-0.05, 0) is 19.9 Å². The summed E-state index contributed by atoms with van der Waals surface area (Å²) in [5.74, 6) is 2.09. The quantitative estimate of drug-likeness (QED) is 0.635. The minimum Gasteiger partial charge on any atom is -0.496 e. The number of benzene rings is 1. The van der Waals surface area contributed by atoms with Crippen molar-refractivity contribution in [2.45, 2.75) is 25.1 Å². The highest BCUT2D eigenvalue weighted by molar-refractivity contribution is 7.98. The molecule has 1 rings (SSSR count). The number of nitrogens with zero attached hydrogens (tertiary/aromatic N) is 1. The summed E-state index contributed by atoms with van der Waals surface area (Å²) < 4.78 is 5.20. The van der Waals surface area contributed by atoms with E-state index in [9.17, 15) is 10.1 Å². The molecule has 0 atom stereocenters. The van der Waals surface area contributed by atoms with Crippen molar-refractivity contribution in [3.63, 3.8) is 0 Å². The first-order chi connectivity index (χ1) is 8.33. The van der Waals surface area contributed by atoms with Gasteiger partial charge in [0.05, 0.1) is 12.0 Å². The van der Waals surface area contributed by atoms with Gasteiger partial charge in [-0.2, -0.15) is 11.8 Å². The Morgan fingerprint density at radius 1 is 1.50 bits per heavy atom. The normalized spacial score (nSPS) is 11.3. The Kier molecular flexibility index (Phi) is 4.98. The Bertz CT molecular complexity index is 430. The maximum Gasteiger partial charge on any atom is 0.270 e. The fourth-order valence-electron chi connectivity index (χ4n) is 1.42. The average molecular weight is 270 g/mol. The van der Waals surface area contributed by atoms with Crippen LogP contribution in [0, 0.1) is 10.1 Å². The lowest BCUT2D eigenvalue weighted by Crippen LogP contribution is -2.34. The summed E-state index contributed by atoms with van der Waals surface area (Å²) in [6, 6.07) is 4.62. The van der Waals surface area contributed by atoms with Crippen molar-refractivity contribution in [1.29, 1.82) is 0 Å². The van der Waals surface area contributed by atoms with Gasteiger partial charge < -0.3 is 10.5 Å². The number of nitro benzene ring substituents is 1. The van der Waals surface area contributed by atoms with Crippen LogP contribution in [-0.4, -0.2) is 23.3 Å². The van der Waals surface area contributed by atoms with Crippen molar-refractivity contribution in [3.05, 3.63) is 33.9 Å². The zero-order valence-electron chi connectivity index (χ0n) is 10.8. The molecule has 0 amide bonds. The first-order valence-electron chi connectivity index (χ1n) is 5.51. The minimum atomic E-state index is -0.402. The van der Waals surface area contributed by atoms with Crippen molar-refractivity contribution in [1.82, 2.24) is 0 Å². The van der Waals surface area contributed by atoms with Crippen molar-refractivity contribution in [2.75, 3.05) is 12.9 Å². The SMILES string of the molecule is COc1ccc([N+](=O)[O-])cc1CSCC(C)(C)N. The van der Waals surface area contributed by atoms with E-state index in [0.29, 0.717) is 11.5 Å². The van der Waals surface area contributed by atoms with Gasteiger partial charge >= 0.3 is 0 Å². The molecular formula is C12H18N2O3S. The zero-order chi connectivity index (χ0) is 13.8. The predicted molar refractivity (Wildman–Crippen MR) is 74.1 cm³/mol. The van der Waals surface area contributed by atoms with Crippen LogP contribution < -0.4 is 10.5 Å². The van der Waals surface area contributed by atoms with Crippen LogP contribution in [0.3, 0.4) is 0 Å². The topological polar surface area (TPSA) is 78.4 Å². The van der Waals surface area contributed by atoms with Crippen LogP contribution in [0.2, 0.25) is 0 Å². The van der Waals surface area contributed by atoms with Gasteiger partial charge in [0.1, 0.15) is 5.75 Å². The number of rotatable bonds is 6. The molecule has 0 aliphatic heterocycles. The molecule has 6 heteroatoms. The van der Waals surface area contributed by atoms with Crippen molar-refractivity contribution < 1.29 is 9.66 Å². The molecular weight excluding hydrogens is 252 g/mol. The van der Waals surface area contributed by atoms with E-state index in [1.54, 1.807) is 31.0 Å². The lowest BCUT2D eigenvalue weighted by Gasteiger charge is -2.17. The highest BCUT2D eigenvalue weighted by Gasteiger charge is 2.14. The van der Waals surface area contributed by atoms with Gasteiger partial charge in [-0.3, -0.25) is 10.1 Å². The van der Waals surface area contributed by atoms with Crippen LogP contribution in [0.5, 0.6) is 5.75 Å². The van der Waals surface area contributed by atoms with Gasteiger partial charge in [-0.25, -0.2) is 0 Å². The lowest BCUT2D eigenvalue weighted by molar-refractivity contribution is -0.384. The second-order valence-electron chi connectivity index (χ2n) is 4.73. The Morgan fingerprint density at radius 2 is 2.17 bits per heavy atom. The standard InChI is InChI=1S/C12H18N2O3S/c1-12(2,13)8-18-7-9-6-10(14(15)16)4-5-11(9)17-3/h4-6H,7-8,13H2,1-3H3. The Labute approximate surface area is 111 Å². The predicted octanol–water partition coefficient (Wildman–Crippen LogP) is 2.57. The summed E-state index contributed by atoms with van der Waals surface area (Å²) in [6.07, 6.45) is 0. The Balaban J connectivity index is 2.78. The fraction of sp³-hybridized carbons (Fsp3) is 0.500. The number of thioether (sulfide) groups is 1. The summed E-state index contributed by atoms with van der Waals surface area (Å²) >= 11 is 1.64. The first-order valence-corrected chi connectivity index (χ1v) is 6.67. The second kappa shape index (κ2) is 6.06. The fourth-order valence-corrected chi connectivity index (χ4v) is 2.49. The Morgan fingerprint density at radius 3 is 2.67 bits per heavy atom. The number of hydrogen-bond donors (Lipinski definition) is 1. The highest BCUT2D eigenvalue weighted by atomic mass is 32.2. The largest absolute Gasteiger partial charge is 0.496 e. The van der Waals surface area contributed by atoms with Crippen LogP contribution in [0.15, 0.2) is 18.2 Å². The summed E-state index contributed by atoms with van der Waals surface area (Å²) in [4.78, 5) is 10.3. The summed E-state index contributed by atoms with van der Waals surface area (Å²) in [5, 5.41) is 10.7. The summed E-state index contributed by atoms with van der Waals surface area (Å²) in [7, 11) is 1.56. The molecule has 0 heterocycles. The third-order valence-electron chi connectivity index (χ3n) is 2.21. The molecule has 0 fully saturated rings. The van der Waals surface area contributed by atoms with Gasteiger partial charge in [0.25, 0.3) is 5.69 Å². The van der Waals surface area contributed by atoms with Gasteiger partial charge in [0.15, 0.2) is 0 Å². The molecule has 1 aromatic rings. The number of nitro groups is 1. The van der Waals surface area contributed by atoms with Crippen molar-refractivity contribution >= 4 is 17.4 Å². The highest BCUT2D eigenvalue weighted by Crippen LogP contribution is 2.28.